The Morgan fingerprint density at radius 2 is 1.48 bits per heavy atom. The molecule has 2 rings (SSSR count). The van der Waals surface area contributed by atoms with Crippen molar-refractivity contribution in [3.8, 4) is 0 Å². The molecule has 0 amide bonds. The van der Waals surface area contributed by atoms with E-state index in [0.717, 1.165) is 43.7 Å². The van der Waals surface area contributed by atoms with Crippen LogP contribution >= 0.6 is 11.6 Å². The zero-order chi connectivity index (χ0) is 18.0. The van der Waals surface area contributed by atoms with Crippen molar-refractivity contribution in [3.05, 3.63) is 60.2 Å². The van der Waals surface area contributed by atoms with Gasteiger partial charge in [-0.1, -0.05) is 12.1 Å². The summed E-state index contributed by atoms with van der Waals surface area (Å²) >= 11 is 5.49. The van der Waals surface area contributed by atoms with E-state index in [1.165, 1.54) is 0 Å². The Balaban J connectivity index is 0.000000251. The van der Waals surface area contributed by atoms with E-state index in [1.54, 1.807) is 18.6 Å². The van der Waals surface area contributed by atoms with Crippen molar-refractivity contribution in [2.24, 2.45) is 0 Å². The minimum atomic E-state index is 0.630. The Bertz CT molecular complexity index is 515. The number of aromatic nitrogens is 2. The van der Waals surface area contributed by atoms with E-state index >= 15 is 0 Å². The molecule has 5 nitrogen and oxygen atoms in total. The highest BCUT2D eigenvalue weighted by molar-refractivity contribution is 6.17. The zero-order valence-corrected chi connectivity index (χ0v) is 15.6. The molecular weight excluding hydrogens is 338 g/mol. The Morgan fingerprint density at radius 3 is 1.92 bits per heavy atom. The lowest BCUT2D eigenvalue weighted by Gasteiger charge is -2.03. The van der Waals surface area contributed by atoms with E-state index in [-0.39, 0.29) is 0 Å². The highest BCUT2D eigenvalue weighted by Crippen LogP contribution is 1.99. The molecule has 0 saturated heterocycles. The molecule has 0 unspecified atom stereocenters. The quantitative estimate of drug-likeness (QED) is 0.488. The molecular formula is C19H28ClN3O2. The number of nitrogens with zero attached hydrogens (tertiary/aromatic N) is 2. The molecule has 0 aliphatic carbocycles. The van der Waals surface area contributed by atoms with E-state index < -0.39 is 0 Å². The average molecular weight is 366 g/mol. The van der Waals surface area contributed by atoms with Gasteiger partial charge in [0.15, 0.2) is 0 Å². The van der Waals surface area contributed by atoms with Crippen LogP contribution in [0, 0.1) is 0 Å². The molecule has 0 aromatic carbocycles. The van der Waals surface area contributed by atoms with E-state index in [0.29, 0.717) is 19.1 Å². The SMILES string of the molecule is CNCCCOCc1cccnc1.ClCCCOCc1cccnc1. The lowest BCUT2D eigenvalue weighted by Crippen LogP contribution is -2.10. The molecule has 2 aromatic rings. The average Bonchev–Trinajstić information content (AvgIpc) is 2.67. The van der Waals surface area contributed by atoms with E-state index in [1.807, 2.05) is 37.5 Å². The first-order valence-electron chi connectivity index (χ1n) is 8.50. The molecule has 1 N–H and O–H groups in total. The van der Waals surface area contributed by atoms with Crippen LogP contribution in [0.15, 0.2) is 49.1 Å². The molecule has 0 spiro atoms. The number of halogens is 1. The predicted molar refractivity (Wildman–Crippen MR) is 102 cm³/mol. The highest BCUT2D eigenvalue weighted by atomic mass is 35.5. The molecule has 0 aliphatic heterocycles. The number of nitrogens with one attached hydrogen (secondary N) is 1. The largest absolute Gasteiger partial charge is 0.377 e. The fourth-order valence-corrected chi connectivity index (χ4v) is 1.96. The monoisotopic (exact) mass is 365 g/mol. The summed E-state index contributed by atoms with van der Waals surface area (Å²) in [4.78, 5) is 7.98. The van der Waals surface area contributed by atoms with Crippen LogP contribution in [-0.4, -0.2) is 42.7 Å². The maximum absolute atomic E-state index is 5.49. The molecule has 0 fully saturated rings. The fourth-order valence-electron chi connectivity index (χ4n) is 1.85. The Kier molecular flexibility index (Phi) is 13.7. The van der Waals surface area contributed by atoms with Gasteiger partial charge < -0.3 is 14.8 Å². The van der Waals surface area contributed by atoms with Crippen LogP contribution in [0.5, 0.6) is 0 Å². The number of rotatable bonds is 11. The fraction of sp³-hybridized carbons (Fsp3) is 0.474. The highest BCUT2D eigenvalue weighted by Gasteiger charge is 1.92. The smallest absolute Gasteiger partial charge is 0.0731 e. The molecule has 0 radical (unpaired) electrons. The van der Waals surface area contributed by atoms with Gasteiger partial charge in [0.05, 0.1) is 13.2 Å². The van der Waals surface area contributed by atoms with Crippen LogP contribution in [-0.2, 0) is 22.7 Å². The second-order valence-electron chi connectivity index (χ2n) is 5.33. The lowest BCUT2D eigenvalue weighted by molar-refractivity contribution is 0.118. The van der Waals surface area contributed by atoms with Gasteiger partial charge in [-0.3, -0.25) is 9.97 Å². The molecule has 0 aliphatic rings. The third-order valence-corrected chi connectivity index (χ3v) is 3.39. The molecule has 138 valence electrons. The van der Waals surface area contributed by atoms with Gasteiger partial charge >= 0.3 is 0 Å². The van der Waals surface area contributed by atoms with Crippen LogP contribution in [0.25, 0.3) is 0 Å². The predicted octanol–water partition coefficient (Wildman–Crippen LogP) is 3.43. The molecule has 6 heteroatoms. The van der Waals surface area contributed by atoms with E-state index in [9.17, 15) is 0 Å². The summed E-state index contributed by atoms with van der Waals surface area (Å²) in [6, 6.07) is 7.84. The molecule has 0 saturated carbocycles. The van der Waals surface area contributed by atoms with Crippen LogP contribution in [0.3, 0.4) is 0 Å². The first kappa shape index (κ1) is 21.5. The summed E-state index contributed by atoms with van der Waals surface area (Å²) in [6.07, 6.45) is 9.12. The van der Waals surface area contributed by atoms with E-state index in [4.69, 9.17) is 21.1 Å². The molecule has 2 heterocycles. The van der Waals surface area contributed by atoms with Crippen LogP contribution < -0.4 is 5.32 Å². The number of pyridine rings is 2. The second kappa shape index (κ2) is 16.0. The summed E-state index contributed by atoms with van der Waals surface area (Å²) in [5.74, 6) is 0.660. The first-order valence-corrected chi connectivity index (χ1v) is 9.04. The third-order valence-electron chi connectivity index (χ3n) is 3.12. The van der Waals surface area contributed by atoms with Crippen molar-refractivity contribution in [2.45, 2.75) is 26.1 Å². The van der Waals surface area contributed by atoms with Gasteiger partial charge in [0.2, 0.25) is 0 Å². The van der Waals surface area contributed by atoms with Crippen LogP contribution in [0.1, 0.15) is 24.0 Å². The third kappa shape index (κ3) is 12.5. The maximum Gasteiger partial charge on any atom is 0.0731 e. The van der Waals surface area contributed by atoms with Crippen molar-refractivity contribution in [2.75, 3.05) is 32.7 Å². The number of hydrogen-bond donors (Lipinski definition) is 1. The summed E-state index contributed by atoms with van der Waals surface area (Å²) < 4.78 is 10.8. The minimum Gasteiger partial charge on any atom is -0.377 e. The number of alkyl halides is 1. The first-order chi connectivity index (χ1) is 12.4. The zero-order valence-electron chi connectivity index (χ0n) is 14.9. The van der Waals surface area contributed by atoms with Crippen molar-refractivity contribution in [1.29, 1.82) is 0 Å². The minimum absolute atomic E-state index is 0.630. The summed E-state index contributed by atoms with van der Waals surface area (Å²) in [5.41, 5.74) is 2.24. The normalized spacial score (nSPS) is 10.2. The van der Waals surface area contributed by atoms with Gasteiger partial charge in [-0.25, -0.2) is 0 Å². The van der Waals surface area contributed by atoms with Crippen LogP contribution in [0.4, 0.5) is 0 Å². The summed E-state index contributed by atoms with van der Waals surface area (Å²) in [6.45, 7) is 3.82. The number of hydrogen-bond acceptors (Lipinski definition) is 5. The molecule has 0 atom stereocenters. The van der Waals surface area contributed by atoms with Crippen molar-refractivity contribution < 1.29 is 9.47 Å². The van der Waals surface area contributed by atoms with Gasteiger partial charge in [0, 0.05) is 43.9 Å². The number of ether oxygens (including phenoxy) is 2. The standard InChI is InChI=1S/C10H16N2O.C9H12ClNO/c1-11-5-3-7-13-9-10-4-2-6-12-8-10;10-4-2-6-12-8-9-3-1-5-11-7-9/h2,4,6,8,11H,3,5,7,9H2,1H3;1,3,5,7H,2,4,6,8H2. The molecule has 2 aromatic heterocycles. The van der Waals surface area contributed by atoms with Gasteiger partial charge in [-0.05, 0) is 49.7 Å². The van der Waals surface area contributed by atoms with Gasteiger partial charge in [0.25, 0.3) is 0 Å². The lowest BCUT2D eigenvalue weighted by atomic mass is 10.3. The maximum atomic E-state index is 5.49. The Hall–Kier alpha value is -1.53. The van der Waals surface area contributed by atoms with Gasteiger partial charge in [-0.2, -0.15) is 0 Å². The second-order valence-corrected chi connectivity index (χ2v) is 5.71. The van der Waals surface area contributed by atoms with Crippen molar-refractivity contribution >= 4 is 11.6 Å². The van der Waals surface area contributed by atoms with E-state index in [2.05, 4.69) is 15.3 Å². The summed E-state index contributed by atoms with van der Waals surface area (Å²) in [5, 5.41) is 3.07. The van der Waals surface area contributed by atoms with Gasteiger partial charge in [0.1, 0.15) is 0 Å². The van der Waals surface area contributed by atoms with Crippen LogP contribution in [0.2, 0.25) is 0 Å². The van der Waals surface area contributed by atoms with Crippen molar-refractivity contribution in [1.82, 2.24) is 15.3 Å². The molecule has 0 bridgehead atoms. The Morgan fingerprint density at radius 1 is 0.920 bits per heavy atom. The molecule has 25 heavy (non-hydrogen) atoms. The summed E-state index contributed by atoms with van der Waals surface area (Å²) in [7, 11) is 1.95. The Labute approximate surface area is 155 Å². The van der Waals surface area contributed by atoms with Gasteiger partial charge in [-0.15, -0.1) is 11.6 Å². The van der Waals surface area contributed by atoms with Crippen molar-refractivity contribution in [3.63, 3.8) is 0 Å². The topological polar surface area (TPSA) is 56.3 Å².